The van der Waals surface area contributed by atoms with Gasteiger partial charge in [-0.15, -0.1) is 0 Å². The Labute approximate surface area is 174 Å². The summed E-state index contributed by atoms with van der Waals surface area (Å²) in [5.74, 6) is 0.121. The Morgan fingerprint density at radius 2 is 1.43 bits per heavy atom. The molecule has 0 amide bonds. The minimum absolute atomic E-state index is 0.00587. The number of methoxy groups -OCH3 is 1. The summed E-state index contributed by atoms with van der Waals surface area (Å²) in [5, 5.41) is 14.5. The molecule has 152 valence electrons. The Kier molecular flexibility index (Phi) is 5.77. The standard InChI is InChI=1S/C24H21NO5/c1-28-24(27)16-10-12-18(13-11-16)29-14-17(26)15-30-25-23-21-8-4-2-6-19(21)20-7-3-5-9-22(20)23/h2-13,17,26H,14-15H2,1H3. The topological polar surface area (TPSA) is 77.4 Å². The molecule has 0 aliphatic heterocycles. The molecule has 1 N–H and O–H groups in total. The molecule has 0 saturated heterocycles. The number of oxime groups is 1. The van der Waals surface area contributed by atoms with E-state index in [1.54, 1.807) is 24.3 Å². The monoisotopic (exact) mass is 403 g/mol. The SMILES string of the molecule is COC(=O)c1ccc(OCC(O)CON=C2c3ccccc3-c3ccccc32)cc1. The maximum absolute atomic E-state index is 11.4. The van der Waals surface area contributed by atoms with Crippen LogP contribution in [0.25, 0.3) is 11.1 Å². The molecule has 0 bridgehead atoms. The normalized spacial score (nSPS) is 12.5. The summed E-state index contributed by atoms with van der Waals surface area (Å²) in [5.41, 5.74) is 5.45. The van der Waals surface area contributed by atoms with Crippen molar-refractivity contribution in [2.75, 3.05) is 20.3 Å². The van der Waals surface area contributed by atoms with Gasteiger partial charge in [-0.1, -0.05) is 53.7 Å². The summed E-state index contributed by atoms with van der Waals surface area (Å²) >= 11 is 0. The first-order valence-electron chi connectivity index (χ1n) is 9.55. The lowest BCUT2D eigenvalue weighted by Crippen LogP contribution is -2.22. The number of carbonyl (C=O) groups excluding carboxylic acids is 1. The third-order valence-electron chi connectivity index (χ3n) is 4.80. The van der Waals surface area contributed by atoms with Gasteiger partial charge in [0.1, 0.15) is 30.8 Å². The fraction of sp³-hybridized carbons (Fsp3) is 0.167. The molecule has 0 fully saturated rings. The smallest absolute Gasteiger partial charge is 0.337 e. The molecule has 1 aliphatic carbocycles. The molecule has 3 aromatic rings. The Bertz CT molecular complexity index is 1030. The first-order valence-corrected chi connectivity index (χ1v) is 9.55. The predicted molar refractivity (Wildman–Crippen MR) is 113 cm³/mol. The van der Waals surface area contributed by atoms with E-state index >= 15 is 0 Å². The van der Waals surface area contributed by atoms with Crippen molar-refractivity contribution in [3.63, 3.8) is 0 Å². The van der Waals surface area contributed by atoms with Crippen LogP contribution in [0.1, 0.15) is 21.5 Å². The van der Waals surface area contributed by atoms with E-state index in [2.05, 4.69) is 22.0 Å². The Morgan fingerprint density at radius 1 is 0.867 bits per heavy atom. The molecule has 0 saturated carbocycles. The first kappa shape index (κ1) is 19.7. The minimum Gasteiger partial charge on any atom is -0.491 e. The third-order valence-corrected chi connectivity index (χ3v) is 4.80. The number of carbonyl (C=O) groups is 1. The van der Waals surface area contributed by atoms with E-state index < -0.39 is 12.1 Å². The molecular formula is C24H21NO5. The predicted octanol–water partition coefficient (Wildman–Crippen LogP) is 3.66. The van der Waals surface area contributed by atoms with E-state index in [1.807, 2.05) is 36.4 Å². The summed E-state index contributed by atoms with van der Waals surface area (Å²) in [6.45, 7) is 0.0314. The van der Waals surface area contributed by atoms with E-state index in [4.69, 9.17) is 9.57 Å². The van der Waals surface area contributed by atoms with Crippen molar-refractivity contribution in [3.05, 3.63) is 89.5 Å². The summed E-state index contributed by atoms with van der Waals surface area (Å²) in [4.78, 5) is 16.9. The zero-order chi connectivity index (χ0) is 20.9. The highest BCUT2D eigenvalue weighted by molar-refractivity contribution is 6.24. The van der Waals surface area contributed by atoms with Gasteiger partial charge in [0, 0.05) is 11.1 Å². The summed E-state index contributed by atoms with van der Waals surface area (Å²) < 4.78 is 10.2. The van der Waals surface area contributed by atoms with Gasteiger partial charge in [-0.2, -0.15) is 0 Å². The van der Waals surface area contributed by atoms with Crippen LogP contribution < -0.4 is 4.74 Å². The molecule has 0 heterocycles. The van der Waals surface area contributed by atoms with Gasteiger partial charge < -0.3 is 19.4 Å². The largest absolute Gasteiger partial charge is 0.491 e. The summed E-state index contributed by atoms with van der Waals surface area (Å²) in [6.07, 6.45) is -0.860. The number of ether oxygens (including phenoxy) is 2. The number of esters is 1. The van der Waals surface area contributed by atoms with E-state index in [1.165, 1.54) is 7.11 Å². The van der Waals surface area contributed by atoms with E-state index in [9.17, 15) is 9.90 Å². The van der Waals surface area contributed by atoms with Crippen LogP contribution in [-0.4, -0.2) is 43.2 Å². The summed E-state index contributed by atoms with van der Waals surface area (Å²) in [7, 11) is 1.33. The van der Waals surface area contributed by atoms with E-state index in [0.29, 0.717) is 11.3 Å². The van der Waals surface area contributed by atoms with Gasteiger partial charge >= 0.3 is 5.97 Å². The van der Waals surface area contributed by atoms with Crippen LogP contribution in [0.15, 0.2) is 78.0 Å². The maximum atomic E-state index is 11.4. The van der Waals surface area contributed by atoms with Gasteiger partial charge in [0.05, 0.1) is 12.7 Å². The zero-order valence-corrected chi connectivity index (χ0v) is 16.4. The molecule has 6 heteroatoms. The van der Waals surface area contributed by atoms with Gasteiger partial charge in [0.2, 0.25) is 0 Å². The Hall–Kier alpha value is -3.64. The zero-order valence-electron chi connectivity index (χ0n) is 16.4. The Balaban J connectivity index is 1.35. The molecule has 4 rings (SSSR count). The fourth-order valence-electron chi connectivity index (χ4n) is 3.33. The average molecular weight is 403 g/mol. The van der Waals surface area contributed by atoms with Crippen molar-refractivity contribution in [2.24, 2.45) is 5.16 Å². The number of hydrogen-bond acceptors (Lipinski definition) is 6. The lowest BCUT2D eigenvalue weighted by atomic mass is 10.1. The second-order valence-electron chi connectivity index (χ2n) is 6.81. The minimum atomic E-state index is -0.860. The van der Waals surface area contributed by atoms with Crippen LogP contribution in [0, 0.1) is 0 Å². The molecule has 1 aliphatic rings. The number of benzene rings is 3. The van der Waals surface area contributed by atoms with E-state index in [-0.39, 0.29) is 13.2 Å². The molecule has 6 nitrogen and oxygen atoms in total. The van der Waals surface area contributed by atoms with Gasteiger partial charge in [-0.25, -0.2) is 4.79 Å². The van der Waals surface area contributed by atoms with Gasteiger partial charge in [-0.05, 0) is 35.4 Å². The van der Waals surface area contributed by atoms with Crippen LogP contribution in [0.4, 0.5) is 0 Å². The lowest BCUT2D eigenvalue weighted by molar-refractivity contribution is 0.0144. The summed E-state index contributed by atoms with van der Waals surface area (Å²) in [6, 6.07) is 22.6. The highest BCUT2D eigenvalue weighted by Gasteiger charge is 2.24. The quantitative estimate of drug-likeness (QED) is 0.376. The molecule has 0 aromatic heterocycles. The molecular weight excluding hydrogens is 382 g/mol. The highest BCUT2D eigenvalue weighted by Crippen LogP contribution is 2.36. The number of aliphatic hydroxyl groups excluding tert-OH is 1. The van der Waals surface area contributed by atoms with Crippen LogP contribution in [0.2, 0.25) is 0 Å². The molecule has 3 aromatic carbocycles. The number of rotatable bonds is 7. The van der Waals surface area contributed by atoms with Crippen molar-refractivity contribution in [2.45, 2.75) is 6.10 Å². The Morgan fingerprint density at radius 3 is 2.00 bits per heavy atom. The molecule has 1 atom stereocenters. The van der Waals surface area contributed by atoms with Crippen LogP contribution in [0.3, 0.4) is 0 Å². The van der Waals surface area contributed by atoms with Crippen LogP contribution in [0.5, 0.6) is 5.75 Å². The highest BCUT2D eigenvalue weighted by atomic mass is 16.6. The van der Waals surface area contributed by atoms with Crippen LogP contribution >= 0.6 is 0 Å². The first-order chi connectivity index (χ1) is 14.7. The number of aliphatic hydroxyl groups is 1. The van der Waals surface area contributed by atoms with Gasteiger partial charge in [0.15, 0.2) is 0 Å². The fourth-order valence-corrected chi connectivity index (χ4v) is 3.33. The number of fused-ring (bicyclic) bond motifs is 3. The van der Waals surface area contributed by atoms with E-state index in [0.717, 1.165) is 28.0 Å². The molecule has 1 unspecified atom stereocenters. The number of nitrogens with zero attached hydrogens (tertiary/aromatic N) is 1. The van der Waals surface area contributed by atoms with Crippen molar-refractivity contribution < 1.29 is 24.2 Å². The second kappa shape index (κ2) is 8.80. The molecule has 0 spiro atoms. The van der Waals surface area contributed by atoms with Gasteiger partial charge in [0.25, 0.3) is 0 Å². The number of hydrogen-bond donors (Lipinski definition) is 1. The van der Waals surface area contributed by atoms with Crippen LogP contribution in [-0.2, 0) is 9.57 Å². The van der Waals surface area contributed by atoms with Crippen molar-refractivity contribution in [3.8, 4) is 16.9 Å². The lowest BCUT2D eigenvalue weighted by Gasteiger charge is -2.12. The molecule has 30 heavy (non-hydrogen) atoms. The average Bonchev–Trinajstić information content (AvgIpc) is 3.11. The van der Waals surface area contributed by atoms with Crippen molar-refractivity contribution in [1.82, 2.24) is 0 Å². The second-order valence-corrected chi connectivity index (χ2v) is 6.81. The van der Waals surface area contributed by atoms with Crippen molar-refractivity contribution >= 4 is 11.7 Å². The van der Waals surface area contributed by atoms with Crippen molar-refractivity contribution in [1.29, 1.82) is 0 Å². The third kappa shape index (κ3) is 4.04. The van der Waals surface area contributed by atoms with Gasteiger partial charge in [-0.3, -0.25) is 0 Å². The maximum Gasteiger partial charge on any atom is 0.337 e. The molecule has 0 radical (unpaired) electrons.